The Kier molecular flexibility index (Phi) is 4.29. The maximum absolute atomic E-state index is 9.92. The van der Waals surface area contributed by atoms with Gasteiger partial charge in [-0.1, -0.05) is 72.8 Å². The quantitative estimate of drug-likeness (QED) is 0.806. The summed E-state index contributed by atoms with van der Waals surface area (Å²) in [5.74, 6) is 0. The van der Waals surface area contributed by atoms with Crippen LogP contribution >= 0.6 is 0 Å². The van der Waals surface area contributed by atoms with Crippen LogP contribution in [-0.4, -0.2) is 10.2 Å². The second-order valence-corrected chi connectivity index (χ2v) is 4.10. The first-order valence-corrected chi connectivity index (χ1v) is 5.92. The molecule has 0 radical (unpaired) electrons. The highest BCUT2D eigenvalue weighted by molar-refractivity contribution is 5.24. The standard InChI is InChI=1S/C16H16O2/c17-15(13-7-3-1-4-8-13)11-12-16(18)14-9-5-2-6-10-14/h1-12,15-18H/b12-11+. The van der Waals surface area contributed by atoms with Crippen molar-refractivity contribution in [2.45, 2.75) is 12.2 Å². The highest BCUT2D eigenvalue weighted by Gasteiger charge is 2.05. The summed E-state index contributed by atoms with van der Waals surface area (Å²) in [6, 6.07) is 18.7. The second kappa shape index (κ2) is 6.15. The van der Waals surface area contributed by atoms with Crippen LogP contribution in [0.2, 0.25) is 0 Å². The van der Waals surface area contributed by atoms with E-state index in [1.807, 2.05) is 60.7 Å². The molecule has 2 N–H and O–H groups in total. The second-order valence-electron chi connectivity index (χ2n) is 4.10. The Morgan fingerprint density at radius 1 is 0.611 bits per heavy atom. The molecule has 0 saturated carbocycles. The van der Waals surface area contributed by atoms with E-state index in [1.165, 1.54) is 0 Å². The van der Waals surface area contributed by atoms with Crippen LogP contribution in [0.5, 0.6) is 0 Å². The van der Waals surface area contributed by atoms with Gasteiger partial charge in [-0.25, -0.2) is 0 Å². The van der Waals surface area contributed by atoms with Gasteiger partial charge >= 0.3 is 0 Å². The van der Waals surface area contributed by atoms with Gasteiger partial charge in [0, 0.05) is 0 Å². The molecule has 0 amide bonds. The Morgan fingerprint density at radius 3 is 1.28 bits per heavy atom. The normalized spacial score (nSPS) is 14.6. The molecule has 2 nitrogen and oxygen atoms in total. The molecule has 92 valence electrons. The van der Waals surface area contributed by atoms with Crippen molar-refractivity contribution in [3.8, 4) is 0 Å². The minimum Gasteiger partial charge on any atom is -0.384 e. The molecule has 0 aliphatic carbocycles. The average Bonchev–Trinajstić information content (AvgIpc) is 2.46. The highest BCUT2D eigenvalue weighted by atomic mass is 16.3. The maximum Gasteiger partial charge on any atom is 0.0972 e. The summed E-state index contributed by atoms with van der Waals surface area (Å²) >= 11 is 0. The predicted octanol–water partition coefficient (Wildman–Crippen LogP) is 3.01. The number of rotatable bonds is 4. The van der Waals surface area contributed by atoms with Gasteiger partial charge in [0.1, 0.15) is 0 Å². The first-order valence-electron chi connectivity index (χ1n) is 5.92. The number of aliphatic hydroxyl groups excluding tert-OH is 2. The van der Waals surface area contributed by atoms with Crippen molar-refractivity contribution in [1.29, 1.82) is 0 Å². The summed E-state index contributed by atoms with van der Waals surface area (Å²) in [6.45, 7) is 0. The van der Waals surface area contributed by atoms with E-state index in [4.69, 9.17) is 0 Å². The van der Waals surface area contributed by atoms with E-state index in [0.717, 1.165) is 11.1 Å². The Hall–Kier alpha value is -1.90. The summed E-state index contributed by atoms with van der Waals surface area (Å²) in [6.07, 6.45) is 1.83. The molecule has 2 aromatic carbocycles. The summed E-state index contributed by atoms with van der Waals surface area (Å²) in [5.41, 5.74) is 1.63. The van der Waals surface area contributed by atoms with Crippen molar-refractivity contribution in [2.24, 2.45) is 0 Å². The van der Waals surface area contributed by atoms with Crippen LogP contribution in [0.4, 0.5) is 0 Å². The lowest BCUT2D eigenvalue weighted by Crippen LogP contribution is -1.96. The van der Waals surface area contributed by atoms with Crippen LogP contribution in [0, 0.1) is 0 Å². The monoisotopic (exact) mass is 240 g/mol. The average molecular weight is 240 g/mol. The third kappa shape index (κ3) is 3.29. The summed E-state index contributed by atoms with van der Waals surface area (Å²) in [4.78, 5) is 0. The van der Waals surface area contributed by atoms with Crippen LogP contribution in [0.3, 0.4) is 0 Å². The van der Waals surface area contributed by atoms with Crippen LogP contribution in [0.15, 0.2) is 72.8 Å². The fourth-order valence-electron chi connectivity index (χ4n) is 1.73. The van der Waals surface area contributed by atoms with Crippen molar-refractivity contribution >= 4 is 0 Å². The molecule has 0 aliphatic rings. The van der Waals surface area contributed by atoms with Crippen molar-refractivity contribution < 1.29 is 10.2 Å². The molecule has 0 fully saturated rings. The van der Waals surface area contributed by atoms with Crippen LogP contribution in [-0.2, 0) is 0 Å². The Bertz CT molecular complexity index is 444. The third-order valence-corrected chi connectivity index (χ3v) is 2.76. The molecule has 2 unspecified atom stereocenters. The molecule has 0 aliphatic heterocycles. The van der Waals surface area contributed by atoms with Gasteiger partial charge in [-0.05, 0) is 11.1 Å². The number of hydrogen-bond acceptors (Lipinski definition) is 2. The van der Waals surface area contributed by atoms with Crippen LogP contribution in [0.1, 0.15) is 23.3 Å². The van der Waals surface area contributed by atoms with E-state index in [1.54, 1.807) is 12.2 Å². The predicted molar refractivity (Wildman–Crippen MR) is 71.9 cm³/mol. The van der Waals surface area contributed by atoms with Crippen LogP contribution in [0.25, 0.3) is 0 Å². The van der Waals surface area contributed by atoms with E-state index in [9.17, 15) is 10.2 Å². The van der Waals surface area contributed by atoms with E-state index in [2.05, 4.69) is 0 Å². The molecule has 2 atom stereocenters. The molecule has 18 heavy (non-hydrogen) atoms. The lowest BCUT2D eigenvalue weighted by molar-refractivity contribution is 0.212. The summed E-state index contributed by atoms with van der Waals surface area (Å²) in [7, 11) is 0. The molecule has 0 saturated heterocycles. The molecule has 0 spiro atoms. The fourth-order valence-corrected chi connectivity index (χ4v) is 1.73. The van der Waals surface area contributed by atoms with Crippen molar-refractivity contribution in [1.82, 2.24) is 0 Å². The van der Waals surface area contributed by atoms with Gasteiger partial charge in [-0.2, -0.15) is 0 Å². The molecule has 2 aromatic rings. The zero-order valence-electron chi connectivity index (χ0n) is 9.98. The largest absolute Gasteiger partial charge is 0.384 e. The molecular formula is C16H16O2. The highest BCUT2D eigenvalue weighted by Crippen LogP contribution is 2.18. The van der Waals surface area contributed by atoms with Gasteiger partial charge in [0.05, 0.1) is 12.2 Å². The maximum atomic E-state index is 9.92. The van der Waals surface area contributed by atoms with Crippen molar-refractivity contribution in [3.05, 3.63) is 83.9 Å². The van der Waals surface area contributed by atoms with E-state index < -0.39 is 12.2 Å². The van der Waals surface area contributed by atoms with Gasteiger partial charge in [-0.15, -0.1) is 0 Å². The minimum absolute atomic E-state index is 0.690. The molecular weight excluding hydrogens is 224 g/mol. The van der Waals surface area contributed by atoms with Gasteiger partial charge in [0.25, 0.3) is 0 Å². The number of benzene rings is 2. The van der Waals surface area contributed by atoms with Gasteiger partial charge in [0.2, 0.25) is 0 Å². The molecule has 2 rings (SSSR count). The summed E-state index contributed by atoms with van der Waals surface area (Å²) in [5, 5.41) is 19.8. The molecule has 0 aromatic heterocycles. The SMILES string of the molecule is OC(/C=C/C(O)c1ccccc1)c1ccccc1. The minimum atomic E-state index is -0.690. The lowest BCUT2D eigenvalue weighted by atomic mass is 10.1. The van der Waals surface area contributed by atoms with Gasteiger partial charge in [0.15, 0.2) is 0 Å². The van der Waals surface area contributed by atoms with Crippen molar-refractivity contribution in [2.75, 3.05) is 0 Å². The third-order valence-electron chi connectivity index (χ3n) is 2.76. The molecule has 0 heterocycles. The first-order chi connectivity index (χ1) is 8.77. The lowest BCUT2D eigenvalue weighted by Gasteiger charge is -2.08. The van der Waals surface area contributed by atoms with E-state index in [-0.39, 0.29) is 0 Å². The van der Waals surface area contributed by atoms with E-state index >= 15 is 0 Å². The Labute approximate surface area is 107 Å². The van der Waals surface area contributed by atoms with Crippen LogP contribution < -0.4 is 0 Å². The Morgan fingerprint density at radius 2 is 0.944 bits per heavy atom. The topological polar surface area (TPSA) is 40.5 Å². The zero-order chi connectivity index (χ0) is 12.8. The summed E-state index contributed by atoms with van der Waals surface area (Å²) < 4.78 is 0. The molecule has 2 heteroatoms. The van der Waals surface area contributed by atoms with Gasteiger partial charge in [-0.3, -0.25) is 0 Å². The number of hydrogen-bond donors (Lipinski definition) is 2. The van der Waals surface area contributed by atoms with Crippen molar-refractivity contribution in [3.63, 3.8) is 0 Å². The first kappa shape index (κ1) is 12.6. The number of aliphatic hydroxyl groups is 2. The molecule has 0 bridgehead atoms. The van der Waals surface area contributed by atoms with Gasteiger partial charge < -0.3 is 10.2 Å². The van der Waals surface area contributed by atoms with E-state index in [0.29, 0.717) is 0 Å². The zero-order valence-corrected chi connectivity index (χ0v) is 9.98. The smallest absolute Gasteiger partial charge is 0.0972 e. The Balaban J connectivity index is 2.03. The fraction of sp³-hybridized carbons (Fsp3) is 0.125.